The van der Waals surface area contributed by atoms with Crippen LogP contribution in [0.2, 0.25) is 0 Å². The number of benzene rings is 2. The first-order valence-electron chi connectivity index (χ1n) is 6.50. The molecule has 106 valence electrons. The van der Waals surface area contributed by atoms with Crippen molar-refractivity contribution < 1.29 is 9.53 Å². The Labute approximate surface area is 126 Å². The van der Waals surface area contributed by atoms with Crippen LogP contribution in [-0.4, -0.2) is 18.0 Å². The molecule has 3 aromatic rings. The van der Waals surface area contributed by atoms with Gasteiger partial charge in [0.1, 0.15) is 5.75 Å². The molecule has 0 saturated carbocycles. The molecule has 0 aliphatic rings. The number of carbonyl (C=O) groups is 1. The summed E-state index contributed by atoms with van der Waals surface area (Å²) >= 11 is 1.53. The Hall–Kier alpha value is -2.40. The summed E-state index contributed by atoms with van der Waals surface area (Å²) in [4.78, 5) is 16.4. The number of fused-ring (bicyclic) bond motifs is 1. The minimum absolute atomic E-state index is 0.0897. The molecule has 4 nitrogen and oxygen atoms in total. The molecule has 0 bridgehead atoms. The van der Waals surface area contributed by atoms with E-state index in [0.29, 0.717) is 12.1 Å². The number of aromatic nitrogens is 1. The quantitative estimate of drug-likeness (QED) is 0.804. The van der Waals surface area contributed by atoms with Gasteiger partial charge in [-0.25, -0.2) is 4.98 Å². The molecule has 5 heteroatoms. The first-order valence-corrected chi connectivity index (χ1v) is 7.38. The fraction of sp³-hybridized carbons (Fsp3) is 0.125. The molecule has 21 heavy (non-hydrogen) atoms. The van der Waals surface area contributed by atoms with E-state index in [1.165, 1.54) is 11.3 Å². The second kappa shape index (κ2) is 5.93. The van der Waals surface area contributed by atoms with Crippen LogP contribution in [0.1, 0.15) is 15.9 Å². The van der Waals surface area contributed by atoms with Crippen LogP contribution in [0.5, 0.6) is 5.75 Å². The molecular weight excluding hydrogens is 284 g/mol. The Kier molecular flexibility index (Phi) is 3.83. The van der Waals surface area contributed by atoms with Crippen molar-refractivity contribution in [2.75, 3.05) is 7.11 Å². The Balaban J connectivity index is 1.70. The van der Waals surface area contributed by atoms with Gasteiger partial charge in [0, 0.05) is 12.1 Å². The van der Waals surface area contributed by atoms with Crippen molar-refractivity contribution in [3.63, 3.8) is 0 Å². The van der Waals surface area contributed by atoms with Crippen molar-refractivity contribution in [1.82, 2.24) is 10.3 Å². The molecule has 2 aromatic carbocycles. The normalized spacial score (nSPS) is 10.5. The minimum atomic E-state index is -0.0897. The molecule has 0 unspecified atom stereocenters. The molecule has 0 spiro atoms. The monoisotopic (exact) mass is 298 g/mol. The van der Waals surface area contributed by atoms with Gasteiger partial charge in [-0.15, -0.1) is 11.3 Å². The molecule has 1 heterocycles. The number of amides is 1. The summed E-state index contributed by atoms with van der Waals surface area (Å²) in [5, 5.41) is 2.91. The average molecular weight is 298 g/mol. The van der Waals surface area contributed by atoms with Gasteiger partial charge in [-0.1, -0.05) is 12.1 Å². The third-order valence-electron chi connectivity index (χ3n) is 3.18. The van der Waals surface area contributed by atoms with Crippen LogP contribution in [0.15, 0.2) is 48.0 Å². The van der Waals surface area contributed by atoms with Gasteiger partial charge in [-0.3, -0.25) is 4.79 Å². The van der Waals surface area contributed by atoms with E-state index in [-0.39, 0.29) is 5.91 Å². The predicted molar refractivity (Wildman–Crippen MR) is 83.8 cm³/mol. The Morgan fingerprint density at radius 2 is 2.19 bits per heavy atom. The highest BCUT2D eigenvalue weighted by Gasteiger charge is 2.07. The number of rotatable bonds is 4. The number of ether oxygens (including phenoxy) is 1. The second-order valence-electron chi connectivity index (χ2n) is 4.57. The number of carbonyl (C=O) groups excluding carboxylic acids is 1. The predicted octanol–water partition coefficient (Wildman–Crippen LogP) is 3.23. The number of hydrogen-bond acceptors (Lipinski definition) is 4. The van der Waals surface area contributed by atoms with Gasteiger partial charge >= 0.3 is 0 Å². The third-order valence-corrected chi connectivity index (χ3v) is 3.97. The lowest BCUT2D eigenvalue weighted by Crippen LogP contribution is -2.22. The number of thiazole rings is 1. The molecule has 0 fully saturated rings. The van der Waals surface area contributed by atoms with E-state index in [2.05, 4.69) is 10.3 Å². The summed E-state index contributed by atoms with van der Waals surface area (Å²) in [6, 6.07) is 13.2. The van der Waals surface area contributed by atoms with E-state index in [0.717, 1.165) is 21.5 Å². The summed E-state index contributed by atoms with van der Waals surface area (Å²) in [6.07, 6.45) is 0. The van der Waals surface area contributed by atoms with Crippen molar-refractivity contribution >= 4 is 27.5 Å². The maximum Gasteiger partial charge on any atom is 0.251 e. The van der Waals surface area contributed by atoms with Gasteiger partial charge in [0.25, 0.3) is 5.91 Å². The van der Waals surface area contributed by atoms with Crippen molar-refractivity contribution in [2.24, 2.45) is 0 Å². The molecule has 1 aromatic heterocycles. The van der Waals surface area contributed by atoms with Crippen LogP contribution in [-0.2, 0) is 6.54 Å². The van der Waals surface area contributed by atoms with Crippen molar-refractivity contribution in [3.05, 3.63) is 59.1 Å². The van der Waals surface area contributed by atoms with E-state index >= 15 is 0 Å². The molecular formula is C16H14N2O2S. The Morgan fingerprint density at radius 1 is 1.29 bits per heavy atom. The number of nitrogens with one attached hydrogen (secondary N) is 1. The largest absolute Gasteiger partial charge is 0.497 e. The minimum Gasteiger partial charge on any atom is -0.497 e. The van der Waals surface area contributed by atoms with E-state index in [1.54, 1.807) is 18.7 Å². The molecule has 1 amide bonds. The summed E-state index contributed by atoms with van der Waals surface area (Å²) in [5.74, 6) is 0.695. The van der Waals surface area contributed by atoms with Gasteiger partial charge in [0.2, 0.25) is 0 Å². The van der Waals surface area contributed by atoms with Crippen LogP contribution in [0.25, 0.3) is 10.2 Å². The van der Waals surface area contributed by atoms with E-state index < -0.39 is 0 Å². The van der Waals surface area contributed by atoms with E-state index in [1.807, 2.05) is 36.4 Å². The molecule has 0 aliphatic carbocycles. The first-order chi connectivity index (χ1) is 10.3. The zero-order valence-electron chi connectivity index (χ0n) is 11.5. The van der Waals surface area contributed by atoms with E-state index in [9.17, 15) is 4.79 Å². The SMILES string of the molecule is COc1cccc(CNC(=O)c2ccc3ncsc3c2)c1. The van der Waals surface area contributed by atoms with Gasteiger partial charge in [0.05, 0.1) is 22.8 Å². The second-order valence-corrected chi connectivity index (χ2v) is 5.46. The molecule has 0 saturated heterocycles. The van der Waals surface area contributed by atoms with Crippen LogP contribution < -0.4 is 10.1 Å². The van der Waals surface area contributed by atoms with Gasteiger partial charge in [-0.2, -0.15) is 0 Å². The van der Waals surface area contributed by atoms with E-state index in [4.69, 9.17) is 4.74 Å². The highest BCUT2D eigenvalue weighted by molar-refractivity contribution is 7.16. The standard InChI is InChI=1S/C16H14N2O2S/c1-20-13-4-2-3-11(7-13)9-17-16(19)12-5-6-14-15(8-12)21-10-18-14/h2-8,10H,9H2,1H3,(H,17,19). The zero-order valence-corrected chi connectivity index (χ0v) is 12.3. The van der Waals surface area contributed by atoms with Gasteiger partial charge < -0.3 is 10.1 Å². The fourth-order valence-corrected chi connectivity index (χ4v) is 2.78. The molecule has 0 atom stereocenters. The maximum atomic E-state index is 12.2. The van der Waals surface area contributed by atoms with Crippen molar-refractivity contribution in [1.29, 1.82) is 0 Å². The highest BCUT2D eigenvalue weighted by Crippen LogP contribution is 2.19. The van der Waals surface area contributed by atoms with Crippen LogP contribution in [0.4, 0.5) is 0 Å². The topological polar surface area (TPSA) is 51.2 Å². The average Bonchev–Trinajstić information content (AvgIpc) is 3.00. The zero-order chi connectivity index (χ0) is 14.7. The maximum absolute atomic E-state index is 12.2. The Morgan fingerprint density at radius 3 is 3.05 bits per heavy atom. The summed E-state index contributed by atoms with van der Waals surface area (Å²) in [6.45, 7) is 0.469. The number of hydrogen-bond donors (Lipinski definition) is 1. The number of nitrogens with zero attached hydrogens (tertiary/aromatic N) is 1. The summed E-state index contributed by atoms with van der Waals surface area (Å²) in [7, 11) is 1.63. The smallest absolute Gasteiger partial charge is 0.251 e. The first kappa shape index (κ1) is 13.6. The summed E-state index contributed by atoms with van der Waals surface area (Å²) < 4.78 is 6.18. The molecule has 3 rings (SSSR count). The molecule has 0 aliphatic heterocycles. The van der Waals surface area contributed by atoms with Crippen LogP contribution >= 0.6 is 11.3 Å². The number of methoxy groups -OCH3 is 1. The highest BCUT2D eigenvalue weighted by atomic mass is 32.1. The third kappa shape index (κ3) is 3.03. The lowest BCUT2D eigenvalue weighted by atomic mass is 10.2. The van der Waals surface area contributed by atoms with Crippen molar-refractivity contribution in [2.45, 2.75) is 6.54 Å². The van der Waals surface area contributed by atoms with Gasteiger partial charge in [-0.05, 0) is 35.9 Å². The van der Waals surface area contributed by atoms with Crippen molar-refractivity contribution in [3.8, 4) is 5.75 Å². The molecule has 1 N–H and O–H groups in total. The summed E-state index contributed by atoms with van der Waals surface area (Å²) in [5.41, 5.74) is 4.35. The van der Waals surface area contributed by atoms with Crippen LogP contribution in [0.3, 0.4) is 0 Å². The Bertz CT molecular complexity index is 783. The lowest BCUT2D eigenvalue weighted by Gasteiger charge is -2.07. The lowest BCUT2D eigenvalue weighted by molar-refractivity contribution is 0.0951. The van der Waals surface area contributed by atoms with Gasteiger partial charge in [0.15, 0.2) is 0 Å². The van der Waals surface area contributed by atoms with Crippen LogP contribution in [0, 0.1) is 0 Å². The fourth-order valence-electron chi connectivity index (χ4n) is 2.06. The molecule has 0 radical (unpaired) electrons.